The minimum Gasteiger partial charge on any atom is -0.327 e. The van der Waals surface area contributed by atoms with Crippen LogP contribution in [0.5, 0.6) is 0 Å². The van der Waals surface area contributed by atoms with Crippen molar-refractivity contribution >= 4 is 11.6 Å². The highest BCUT2D eigenvalue weighted by Crippen LogP contribution is 2.22. The van der Waals surface area contributed by atoms with Gasteiger partial charge in [-0.2, -0.15) is 0 Å². The average molecular weight is 220 g/mol. The number of rotatable bonds is 3. The van der Waals surface area contributed by atoms with Crippen molar-refractivity contribution in [3.05, 3.63) is 34.4 Å². The molecule has 0 aliphatic rings. The van der Waals surface area contributed by atoms with E-state index in [0.29, 0.717) is 12.0 Å². The van der Waals surface area contributed by atoms with Crippen molar-refractivity contribution in [1.29, 1.82) is 0 Å². The second kappa shape index (κ2) is 4.71. The molecule has 0 aliphatic carbocycles. The molecule has 78 valence electrons. The first-order chi connectivity index (χ1) is 6.56. The van der Waals surface area contributed by atoms with E-state index in [9.17, 15) is 8.78 Å². The lowest BCUT2D eigenvalue weighted by molar-refractivity contribution is 0.556. The van der Waals surface area contributed by atoms with Crippen LogP contribution in [0.4, 0.5) is 8.78 Å². The number of hydrogen-bond donors (Lipinski definition) is 1. The Labute approximate surface area is 86.9 Å². The van der Waals surface area contributed by atoms with E-state index in [-0.39, 0.29) is 6.04 Å². The lowest BCUT2D eigenvalue weighted by Gasteiger charge is -2.10. The minimum atomic E-state index is -0.738. The molecule has 0 saturated heterocycles. The van der Waals surface area contributed by atoms with E-state index in [2.05, 4.69) is 0 Å². The third-order valence-electron chi connectivity index (χ3n) is 2.12. The van der Waals surface area contributed by atoms with Gasteiger partial charge in [-0.3, -0.25) is 0 Å². The average Bonchev–Trinajstić information content (AvgIpc) is 2.19. The maximum Gasteiger partial charge on any atom is 0.148 e. The second-order valence-electron chi connectivity index (χ2n) is 3.21. The van der Waals surface area contributed by atoms with Gasteiger partial charge >= 0.3 is 0 Å². The van der Waals surface area contributed by atoms with Gasteiger partial charge in [0.15, 0.2) is 0 Å². The highest BCUT2D eigenvalue weighted by Gasteiger charge is 2.13. The molecule has 14 heavy (non-hydrogen) atoms. The fourth-order valence-electron chi connectivity index (χ4n) is 1.15. The van der Waals surface area contributed by atoms with E-state index in [1.165, 1.54) is 6.07 Å². The fraction of sp³-hybridized carbons (Fsp3) is 0.400. The van der Waals surface area contributed by atoms with Crippen LogP contribution in [0.15, 0.2) is 12.1 Å². The molecule has 2 N–H and O–H groups in total. The summed E-state index contributed by atoms with van der Waals surface area (Å²) in [6.45, 7) is 1.91. The quantitative estimate of drug-likeness (QED) is 0.778. The topological polar surface area (TPSA) is 26.0 Å². The molecular formula is C10H12ClF2N. The molecule has 0 radical (unpaired) electrons. The van der Waals surface area contributed by atoms with E-state index in [0.717, 1.165) is 12.5 Å². The van der Waals surface area contributed by atoms with Gasteiger partial charge in [0, 0.05) is 6.04 Å². The molecule has 1 unspecified atom stereocenters. The summed E-state index contributed by atoms with van der Waals surface area (Å²) in [5.74, 6) is -1.44. The van der Waals surface area contributed by atoms with Gasteiger partial charge in [-0.1, -0.05) is 24.6 Å². The van der Waals surface area contributed by atoms with Crippen molar-refractivity contribution < 1.29 is 8.78 Å². The second-order valence-corrected chi connectivity index (χ2v) is 3.58. The van der Waals surface area contributed by atoms with Crippen LogP contribution in [0.25, 0.3) is 0 Å². The molecule has 1 nitrogen and oxygen atoms in total. The molecule has 0 amide bonds. The molecule has 0 saturated carbocycles. The van der Waals surface area contributed by atoms with Gasteiger partial charge < -0.3 is 5.73 Å². The molecule has 0 heterocycles. The zero-order valence-corrected chi connectivity index (χ0v) is 8.61. The van der Waals surface area contributed by atoms with E-state index in [1.54, 1.807) is 0 Å². The minimum absolute atomic E-state index is 0.119. The van der Waals surface area contributed by atoms with Crippen molar-refractivity contribution in [2.24, 2.45) is 5.73 Å². The summed E-state index contributed by atoms with van der Waals surface area (Å²) >= 11 is 5.42. The Morgan fingerprint density at radius 3 is 2.64 bits per heavy atom. The van der Waals surface area contributed by atoms with Gasteiger partial charge in [0.2, 0.25) is 0 Å². The van der Waals surface area contributed by atoms with Gasteiger partial charge in [-0.25, -0.2) is 8.78 Å². The molecule has 1 aromatic carbocycles. The molecule has 0 fully saturated rings. The van der Waals surface area contributed by atoms with Crippen LogP contribution in [0.2, 0.25) is 5.02 Å². The molecule has 0 spiro atoms. The van der Waals surface area contributed by atoms with Gasteiger partial charge in [0.25, 0.3) is 0 Å². The zero-order chi connectivity index (χ0) is 10.7. The maximum atomic E-state index is 13.3. The molecule has 1 aromatic rings. The van der Waals surface area contributed by atoms with Crippen LogP contribution in [0, 0.1) is 11.6 Å². The Morgan fingerprint density at radius 1 is 1.43 bits per heavy atom. The molecule has 1 rings (SSSR count). The smallest absolute Gasteiger partial charge is 0.148 e. The molecule has 0 bridgehead atoms. The third-order valence-corrected chi connectivity index (χ3v) is 2.47. The van der Waals surface area contributed by atoms with E-state index >= 15 is 0 Å². The van der Waals surface area contributed by atoms with Crippen LogP contribution in [-0.2, 0) is 6.42 Å². The largest absolute Gasteiger partial charge is 0.327 e. The van der Waals surface area contributed by atoms with E-state index in [4.69, 9.17) is 17.3 Å². The standard InChI is InChI=1S/C10H12ClF2N/c1-2-7(14)5-6-3-4-8(12)9(11)10(6)13/h3-4,7H,2,5,14H2,1H3. The Bertz CT molecular complexity index is 328. The molecule has 1 atom stereocenters. The van der Waals surface area contributed by atoms with E-state index in [1.807, 2.05) is 6.92 Å². The summed E-state index contributed by atoms with van der Waals surface area (Å²) in [7, 11) is 0. The third kappa shape index (κ3) is 2.42. The summed E-state index contributed by atoms with van der Waals surface area (Å²) in [6.07, 6.45) is 1.12. The Morgan fingerprint density at radius 2 is 2.07 bits per heavy atom. The summed E-state index contributed by atoms with van der Waals surface area (Å²) < 4.78 is 26.1. The number of halogens is 3. The van der Waals surface area contributed by atoms with Crippen molar-refractivity contribution in [2.75, 3.05) is 0 Å². The van der Waals surface area contributed by atoms with Crippen LogP contribution in [0.1, 0.15) is 18.9 Å². The van der Waals surface area contributed by atoms with E-state index < -0.39 is 16.7 Å². The zero-order valence-electron chi connectivity index (χ0n) is 7.86. The monoisotopic (exact) mass is 219 g/mol. The van der Waals surface area contributed by atoms with Crippen molar-refractivity contribution in [3.8, 4) is 0 Å². The van der Waals surface area contributed by atoms with Crippen LogP contribution < -0.4 is 5.73 Å². The lowest BCUT2D eigenvalue weighted by Crippen LogP contribution is -2.22. The first kappa shape index (κ1) is 11.4. The SMILES string of the molecule is CCC(N)Cc1ccc(F)c(Cl)c1F. The van der Waals surface area contributed by atoms with Crippen LogP contribution in [-0.4, -0.2) is 6.04 Å². The van der Waals surface area contributed by atoms with Gasteiger partial charge in [0.1, 0.15) is 16.7 Å². The van der Waals surface area contributed by atoms with Gasteiger partial charge in [-0.15, -0.1) is 0 Å². The number of benzene rings is 1. The van der Waals surface area contributed by atoms with Gasteiger partial charge in [0.05, 0.1) is 0 Å². The lowest BCUT2D eigenvalue weighted by atomic mass is 10.0. The fourth-order valence-corrected chi connectivity index (χ4v) is 1.33. The number of nitrogens with two attached hydrogens (primary N) is 1. The Balaban J connectivity index is 2.94. The predicted octanol–water partition coefficient (Wildman–Crippen LogP) is 2.90. The van der Waals surface area contributed by atoms with Crippen molar-refractivity contribution in [3.63, 3.8) is 0 Å². The highest BCUT2D eigenvalue weighted by atomic mass is 35.5. The maximum absolute atomic E-state index is 13.3. The highest BCUT2D eigenvalue weighted by molar-refractivity contribution is 6.30. The van der Waals surface area contributed by atoms with Crippen molar-refractivity contribution in [1.82, 2.24) is 0 Å². The Kier molecular flexibility index (Phi) is 3.84. The molecular weight excluding hydrogens is 208 g/mol. The van der Waals surface area contributed by atoms with Crippen molar-refractivity contribution in [2.45, 2.75) is 25.8 Å². The predicted molar refractivity (Wildman–Crippen MR) is 53.3 cm³/mol. The molecule has 0 aromatic heterocycles. The first-order valence-electron chi connectivity index (χ1n) is 4.44. The Hall–Kier alpha value is -0.670. The molecule has 4 heteroatoms. The summed E-state index contributed by atoms with van der Waals surface area (Å²) in [5, 5.41) is -0.453. The van der Waals surface area contributed by atoms with Crippen LogP contribution in [0.3, 0.4) is 0 Å². The summed E-state index contributed by atoms with van der Waals surface area (Å²) in [4.78, 5) is 0. The first-order valence-corrected chi connectivity index (χ1v) is 4.82. The van der Waals surface area contributed by atoms with Crippen LogP contribution >= 0.6 is 11.6 Å². The summed E-state index contributed by atoms with van der Waals surface area (Å²) in [5.41, 5.74) is 6.02. The molecule has 0 aliphatic heterocycles. The van der Waals surface area contributed by atoms with Gasteiger partial charge in [-0.05, 0) is 24.5 Å². The summed E-state index contributed by atoms with van der Waals surface area (Å²) in [6, 6.07) is 2.42. The normalized spacial score (nSPS) is 12.9. The number of hydrogen-bond acceptors (Lipinski definition) is 1.